The lowest BCUT2D eigenvalue weighted by Crippen LogP contribution is -2.29. The highest BCUT2D eigenvalue weighted by Gasteiger charge is 2.29. The van der Waals surface area contributed by atoms with Crippen LogP contribution in [0, 0.1) is 0 Å². The molecule has 0 bridgehead atoms. The summed E-state index contributed by atoms with van der Waals surface area (Å²) < 4.78 is 31.3. The number of rotatable bonds is 5. The Hall–Kier alpha value is -1.15. The van der Waals surface area contributed by atoms with Crippen LogP contribution in [0.4, 0.5) is 0 Å². The normalized spacial score (nSPS) is 13.9. The van der Waals surface area contributed by atoms with Crippen molar-refractivity contribution in [1.29, 1.82) is 0 Å². The van der Waals surface area contributed by atoms with Gasteiger partial charge in [0.05, 0.1) is 12.6 Å². The molecule has 0 saturated carbocycles. The molecule has 2 N–H and O–H groups in total. The van der Waals surface area contributed by atoms with Crippen molar-refractivity contribution in [3.8, 4) is 0 Å². The fraction of sp³-hybridized carbons (Fsp3) is 0.333. The molecule has 1 atom stereocenters. The molecule has 0 radical (unpaired) electrons. The predicted octanol–water partition coefficient (Wildman–Crippen LogP) is 2.18. The van der Waals surface area contributed by atoms with E-state index in [1.165, 1.54) is 21.7 Å². The minimum Gasteiger partial charge on any atom is -0.447 e. The van der Waals surface area contributed by atoms with E-state index in [4.69, 9.17) is 10.2 Å². The first-order valence-corrected chi connectivity index (χ1v) is 8.09. The maximum Gasteiger partial charge on any atom is 0.276 e. The zero-order chi connectivity index (χ0) is 14.0. The quantitative estimate of drug-likeness (QED) is 0.918. The van der Waals surface area contributed by atoms with Gasteiger partial charge in [0.1, 0.15) is 5.76 Å². The van der Waals surface area contributed by atoms with Crippen molar-refractivity contribution in [3.05, 3.63) is 40.3 Å². The van der Waals surface area contributed by atoms with Gasteiger partial charge in [0, 0.05) is 11.9 Å². The number of nitrogens with zero attached hydrogens (tertiary/aromatic N) is 1. The van der Waals surface area contributed by atoms with E-state index in [-0.39, 0.29) is 17.7 Å². The molecule has 0 aliphatic carbocycles. The molecular formula is C12H16N2O3S2. The summed E-state index contributed by atoms with van der Waals surface area (Å²) in [7, 11) is -2.09. The molecule has 0 aliphatic heterocycles. The van der Waals surface area contributed by atoms with Crippen LogP contribution in [0.15, 0.2) is 39.2 Å². The van der Waals surface area contributed by atoms with Gasteiger partial charge in [0.2, 0.25) is 5.09 Å². The molecule has 1 unspecified atom stereocenters. The Kier molecular flexibility index (Phi) is 4.10. The van der Waals surface area contributed by atoms with E-state index in [1.54, 1.807) is 13.1 Å². The van der Waals surface area contributed by atoms with Gasteiger partial charge in [-0.2, -0.15) is 4.31 Å². The van der Waals surface area contributed by atoms with Gasteiger partial charge in [-0.1, -0.05) is 6.07 Å². The van der Waals surface area contributed by atoms with Gasteiger partial charge in [-0.15, -0.1) is 11.3 Å². The van der Waals surface area contributed by atoms with Gasteiger partial charge >= 0.3 is 0 Å². The molecule has 2 aromatic rings. The zero-order valence-corrected chi connectivity index (χ0v) is 12.4. The number of nitrogens with two attached hydrogens (primary N) is 1. The summed E-state index contributed by atoms with van der Waals surface area (Å²) in [6.45, 7) is 2.02. The second-order valence-corrected chi connectivity index (χ2v) is 7.05. The van der Waals surface area contributed by atoms with Crippen molar-refractivity contribution < 1.29 is 12.8 Å². The summed E-state index contributed by atoms with van der Waals surface area (Å²) in [4.78, 5) is 0.983. The molecule has 2 aromatic heterocycles. The summed E-state index contributed by atoms with van der Waals surface area (Å²) in [6, 6.07) is 6.59. The Balaban J connectivity index is 2.28. The van der Waals surface area contributed by atoms with Crippen LogP contribution >= 0.6 is 11.3 Å². The van der Waals surface area contributed by atoms with Crippen LogP contribution < -0.4 is 5.73 Å². The summed E-state index contributed by atoms with van der Waals surface area (Å²) in [5, 5.41) is 1.85. The highest BCUT2D eigenvalue weighted by atomic mass is 32.2. The van der Waals surface area contributed by atoms with E-state index >= 15 is 0 Å². The third kappa shape index (κ3) is 2.74. The van der Waals surface area contributed by atoms with E-state index in [1.807, 2.05) is 24.4 Å². The van der Waals surface area contributed by atoms with E-state index in [0.717, 1.165) is 4.88 Å². The van der Waals surface area contributed by atoms with Crippen molar-refractivity contribution in [2.24, 2.45) is 5.73 Å². The highest BCUT2D eigenvalue weighted by molar-refractivity contribution is 7.89. The molecular weight excluding hydrogens is 284 g/mol. The number of sulfonamides is 1. The van der Waals surface area contributed by atoms with Crippen LogP contribution in [0.2, 0.25) is 0 Å². The molecule has 0 aromatic carbocycles. The van der Waals surface area contributed by atoms with Crippen molar-refractivity contribution in [3.63, 3.8) is 0 Å². The molecule has 2 heterocycles. The van der Waals surface area contributed by atoms with Crippen LogP contribution in [-0.4, -0.2) is 19.8 Å². The maximum absolute atomic E-state index is 12.4. The van der Waals surface area contributed by atoms with E-state index in [2.05, 4.69) is 0 Å². The van der Waals surface area contributed by atoms with Gasteiger partial charge in [-0.25, -0.2) is 8.42 Å². The molecule has 104 valence electrons. The van der Waals surface area contributed by atoms with Gasteiger partial charge in [0.25, 0.3) is 10.0 Å². The molecule has 0 amide bonds. The summed E-state index contributed by atoms with van der Waals surface area (Å²) in [5.41, 5.74) is 5.42. The second-order valence-electron chi connectivity index (χ2n) is 4.14. The van der Waals surface area contributed by atoms with Gasteiger partial charge in [-0.3, -0.25) is 0 Å². The van der Waals surface area contributed by atoms with Gasteiger partial charge < -0.3 is 10.2 Å². The molecule has 0 fully saturated rings. The monoisotopic (exact) mass is 300 g/mol. The first-order chi connectivity index (χ1) is 8.96. The number of hydrogen-bond donors (Lipinski definition) is 1. The van der Waals surface area contributed by atoms with Crippen LogP contribution in [0.1, 0.15) is 23.6 Å². The predicted molar refractivity (Wildman–Crippen MR) is 74.3 cm³/mol. The molecule has 2 rings (SSSR count). The summed E-state index contributed by atoms with van der Waals surface area (Å²) >= 11 is 1.52. The molecule has 0 saturated heterocycles. The molecule has 0 spiro atoms. The Morgan fingerprint density at radius 2 is 2.16 bits per heavy atom. The average molecular weight is 300 g/mol. The molecule has 0 aliphatic rings. The van der Waals surface area contributed by atoms with Crippen LogP contribution in [0.3, 0.4) is 0 Å². The van der Waals surface area contributed by atoms with Gasteiger partial charge in [-0.05, 0) is 30.5 Å². The van der Waals surface area contributed by atoms with E-state index in [0.29, 0.717) is 5.76 Å². The second kappa shape index (κ2) is 5.46. The van der Waals surface area contributed by atoms with E-state index < -0.39 is 10.0 Å². The summed E-state index contributed by atoms with van der Waals surface area (Å²) in [6.07, 6.45) is 0. The van der Waals surface area contributed by atoms with Crippen LogP contribution in [0.25, 0.3) is 0 Å². The van der Waals surface area contributed by atoms with Crippen LogP contribution in [-0.2, 0) is 16.6 Å². The Morgan fingerprint density at radius 1 is 1.42 bits per heavy atom. The third-order valence-electron chi connectivity index (χ3n) is 2.97. The minimum atomic E-state index is -3.64. The highest BCUT2D eigenvalue weighted by Crippen LogP contribution is 2.29. The number of hydrogen-bond acceptors (Lipinski definition) is 5. The summed E-state index contributed by atoms with van der Waals surface area (Å²) in [5.74, 6) is 0.454. The van der Waals surface area contributed by atoms with Gasteiger partial charge in [0.15, 0.2) is 0 Å². The lowest BCUT2D eigenvalue weighted by molar-refractivity contribution is 0.362. The minimum absolute atomic E-state index is 0.0705. The van der Waals surface area contributed by atoms with E-state index in [9.17, 15) is 8.42 Å². The first-order valence-electron chi connectivity index (χ1n) is 5.77. The van der Waals surface area contributed by atoms with Crippen molar-refractivity contribution >= 4 is 21.4 Å². The van der Waals surface area contributed by atoms with Crippen molar-refractivity contribution in [2.75, 3.05) is 7.05 Å². The average Bonchev–Trinajstić information content (AvgIpc) is 3.07. The number of thiophene rings is 1. The molecule has 7 heteroatoms. The molecule has 5 nitrogen and oxygen atoms in total. The Labute approximate surface area is 116 Å². The Morgan fingerprint density at radius 3 is 2.68 bits per heavy atom. The van der Waals surface area contributed by atoms with Crippen LogP contribution in [0.5, 0.6) is 0 Å². The zero-order valence-electron chi connectivity index (χ0n) is 10.7. The third-order valence-corrected chi connectivity index (χ3v) is 5.82. The lowest BCUT2D eigenvalue weighted by Gasteiger charge is -2.22. The largest absolute Gasteiger partial charge is 0.447 e. The number of furan rings is 1. The smallest absolute Gasteiger partial charge is 0.276 e. The lowest BCUT2D eigenvalue weighted by atomic mass is 10.3. The standard InChI is InChI=1S/C12H16N2O3S2/c1-9(11-4-3-7-18-11)14(2)19(15,16)12-6-5-10(8-13)17-12/h3-7,9H,8,13H2,1-2H3. The fourth-order valence-electron chi connectivity index (χ4n) is 1.66. The molecule has 19 heavy (non-hydrogen) atoms. The SMILES string of the molecule is CC(c1cccs1)N(C)S(=O)(=O)c1ccc(CN)o1. The topological polar surface area (TPSA) is 76.5 Å². The first kappa shape index (κ1) is 14.3. The fourth-order valence-corrected chi connectivity index (χ4v) is 3.82. The maximum atomic E-state index is 12.4. The van der Waals surface area contributed by atoms with Crippen molar-refractivity contribution in [1.82, 2.24) is 4.31 Å². The Bertz CT molecular complexity index is 632. The van der Waals surface area contributed by atoms with Crippen molar-refractivity contribution in [2.45, 2.75) is 24.6 Å².